The molecule has 1 unspecified atom stereocenters. The number of rotatable bonds is 35. The van der Waals surface area contributed by atoms with E-state index in [4.69, 9.17) is 11.5 Å². The molecule has 6 rings (SSSR count). The molecule has 1 aliphatic rings. The highest BCUT2D eigenvalue weighted by molar-refractivity contribution is 5.93. The number of carboxylic acids is 3. The minimum atomic E-state index is -1.08. The number of phenolic OH excluding ortho intramolecular Hbond substituents is 1. The number of aliphatic imine (C=N–C) groups is 1. The van der Waals surface area contributed by atoms with E-state index in [1.165, 1.54) is 12.1 Å². The number of aromatic hydroxyl groups is 1. The lowest BCUT2D eigenvalue weighted by Gasteiger charge is -2.33. The Bertz CT molecular complexity index is 3320. The second-order valence-electron chi connectivity index (χ2n) is 23.6. The highest BCUT2D eigenvalue weighted by Gasteiger charge is 2.29. The van der Waals surface area contributed by atoms with Crippen molar-refractivity contribution < 1.29 is 63.6 Å². The van der Waals surface area contributed by atoms with E-state index in [-0.39, 0.29) is 135 Å². The number of benzene rings is 5. The summed E-state index contributed by atoms with van der Waals surface area (Å²) in [5, 5.41) is 62.0. The van der Waals surface area contributed by atoms with E-state index in [9.17, 15) is 63.6 Å². The summed E-state index contributed by atoms with van der Waals surface area (Å²) >= 11 is 0. The number of hydrogen-bond acceptors (Lipinski definition) is 16. The van der Waals surface area contributed by atoms with Crippen LogP contribution in [0.25, 0.3) is 11.1 Å². The smallest absolute Gasteiger partial charge is 0.344 e. The van der Waals surface area contributed by atoms with Gasteiger partial charge in [-0.05, 0) is 96.7 Å². The van der Waals surface area contributed by atoms with Gasteiger partial charge in [-0.3, -0.25) is 58.0 Å². The Balaban J connectivity index is 1.00. The first kappa shape index (κ1) is 76.0. The van der Waals surface area contributed by atoms with Crippen molar-refractivity contribution in [1.82, 2.24) is 56.8 Å². The zero-order chi connectivity index (χ0) is 69.9. The molecular weight excluding hydrogens is 1250 g/mol. The Hall–Kier alpha value is -10.0. The number of carbonyl (C=O) groups excluding carboxylic acids is 6. The van der Waals surface area contributed by atoms with E-state index in [0.29, 0.717) is 50.0 Å². The second-order valence-corrected chi connectivity index (χ2v) is 23.6. The molecule has 1 fully saturated rings. The molecule has 5 aromatic rings. The van der Waals surface area contributed by atoms with E-state index in [1.807, 2.05) is 109 Å². The Kier molecular flexibility index (Phi) is 32.2. The summed E-state index contributed by atoms with van der Waals surface area (Å²) in [4.78, 5) is 127. The summed E-state index contributed by atoms with van der Waals surface area (Å²) in [5.41, 5.74) is 17.8. The lowest BCUT2D eigenvalue weighted by atomic mass is 9.90. The summed E-state index contributed by atoms with van der Waals surface area (Å²) in [6.45, 7) is 3.97. The number of phenols is 1. The molecule has 0 radical (unpaired) electrons. The molecule has 0 saturated carbocycles. The van der Waals surface area contributed by atoms with Crippen LogP contribution in [-0.4, -0.2) is 229 Å². The SMILES string of the molecule is CCNC(=O)/N=C(/N)NCCC[C@@H](NC(=O)C(c1ccccc1)c1ccc(NCCCNC(=O)[C@H](N)CCCNC(=O)[C@@H](Cc2ccc(-c3ccccc3)cc2)NC(=O)CN2CCN(CC(=O)O)CCN(CC(=O)O)CCN(CC(=O)O)CC2)cc1)C(=O)NCc1ccc(O)cc1. The first-order chi connectivity index (χ1) is 46.7. The van der Waals surface area contributed by atoms with E-state index in [1.54, 1.807) is 38.7 Å². The minimum absolute atomic E-state index is 0.0834. The molecule has 28 heteroatoms. The monoisotopic (exact) mass is 1340 g/mol. The van der Waals surface area contributed by atoms with Crippen molar-refractivity contribution in [3.8, 4) is 16.9 Å². The summed E-state index contributed by atoms with van der Waals surface area (Å²) in [6.07, 6.45) is 1.81. The molecule has 0 spiro atoms. The van der Waals surface area contributed by atoms with E-state index < -0.39 is 71.6 Å². The molecule has 7 amide bonds. The summed E-state index contributed by atoms with van der Waals surface area (Å²) < 4.78 is 0. The zero-order valence-electron chi connectivity index (χ0n) is 54.8. The maximum Gasteiger partial charge on any atom is 0.344 e. The average molecular weight is 1340 g/mol. The fraction of sp³-hybridized carbons (Fsp3) is 0.420. The third-order valence-corrected chi connectivity index (χ3v) is 16.0. The van der Waals surface area contributed by atoms with Crippen LogP contribution in [0.2, 0.25) is 0 Å². The first-order valence-electron chi connectivity index (χ1n) is 32.6. The molecule has 4 atom stereocenters. The van der Waals surface area contributed by atoms with Gasteiger partial charge in [-0.25, -0.2) is 4.79 Å². The second kappa shape index (κ2) is 41.1. The van der Waals surface area contributed by atoms with Crippen LogP contribution in [0.3, 0.4) is 0 Å². The average Bonchev–Trinajstić information content (AvgIpc) is 0.858. The molecule has 1 aliphatic heterocycles. The number of nitrogens with two attached hydrogens (primary N) is 2. The standard InChI is InChI=1S/C69H93N15O13/c1-2-72-69(97)80-68(71)76-31-10-17-57(65(94)77-43-49-20-28-55(85)29-21-49)79-67(96)63(52-14-7-4-8-15-52)53-24-26-54(27-25-53)73-32-11-33-74-64(93)56(70)16-9-30-75-66(95)58(42-48-18-22-51(23-19-48)50-12-5-3-6-13-50)78-59(86)44-81-34-36-82(45-60(87)88)38-40-84(47-62(91)92)41-39-83(37-35-81)46-61(89)90/h3-8,12-15,18-29,56-58,63,73,85H,2,9-11,16-17,30-47,70H2,1H3,(H,74,93)(H,75,95)(H,77,94)(H,78,86)(H,79,96)(H,87,88)(H,89,90)(H,91,92)(H4,71,72,76,80,97)/t56-,57-,58-,63?/m1/s1. The van der Waals surface area contributed by atoms with Crippen LogP contribution >= 0.6 is 0 Å². The number of aliphatic carboxylic acids is 3. The molecular formula is C69H93N15O13. The van der Waals surface area contributed by atoms with Crippen molar-refractivity contribution >= 4 is 65.1 Å². The number of anilines is 1. The van der Waals surface area contributed by atoms with Gasteiger partial charge in [-0.2, -0.15) is 4.99 Å². The summed E-state index contributed by atoms with van der Waals surface area (Å²) in [7, 11) is 0. The molecule has 1 saturated heterocycles. The quantitative estimate of drug-likeness (QED) is 0.0156. The summed E-state index contributed by atoms with van der Waals surface area (Å²) in [6, 6.07) is 36.8. The fourth-order valence-electron chi connectivity index (χ4n) is 10.8. The van der Waals surface area contributed by atoms with Gasteiger partial charge < -0.3 is 74.4 Å². The van der Waals surface area contributed by atoms with E-state index in [2.05, 4.69) is 47.5 Å². The highest BCUT2D eigenvalue weighted by Crippen LogP contribution is 2.27. The Morgan fingerprint density at radius 3 is 1.54 bits per heavy atom. The summed E-state index contributed by atoms with van der Waals surface area (Å²) in [5.74, 6) is -6.21. The van der Waals surface area contributed by atoms with Gasteiger partial charge in [0.05, 0.1) is 38.1 Å². The largest absolute Gasteiger partial charge is 0.508 e. The van der Waals surface area contributed by atoms with Crippen LogP contribution in [0.5, 0.6) is 5.75 Å². The zero-order valence-corrected chi connectivity index (χ0v) is 54.8. The predicted molar refractivity (Wildman–Crippen MR) is 367 cm³/mol. The molecule has 97 heavy (non-hydrogen) atoms. The number of guanidine groups is 1. The molecule has 28 nitrogen and oxygen atoms in total. The number of hydrogen-bond donors (Lipinski definition) is 14. The van der Waals surface area contributed by atoms with Crippen LogP contribution < -0.4 is 54.0 Å². The number of carboxylic acid groups (broad SMARTS) is 3. The van der Waals surface area contributed by atoms with Gasteiger partial charge >= 0.3 is 23.9 Å². The number of amides is 7. The lowest BCUT2D eigenvalue weighted by Crippen LogP contribution is -2.53. The van der Waals surface area contributed by atoms with Gasteiger partial charge in [0.25, 0.3) is 0 Å². The molecule has 0 aliphatic carbocycles. The Morgan fingerprint density at radius 2 is 0.969 bits per heavy atom. The van der Waals surface area contributed by atoms with Crippen molar-refractivity contribution in [2.45, 2.75) is 76.0 Å². The minimum Gasteiger partial charge on any atom is -0.508 e. The van der Waals surface area contributed by atoms with E-state index >= 15 is 0 Å². The predicted octanol–water partition coefficient (Wildman–Crippen LogP) is 1.75. The van der Waals surface area contributed by atoms with Crippen LogP contribution in [-0.2, 0) is 51.3 Å². The van der Waals surface area contributed by atoms with Gasteiger partial charge in [0.15, 0.2) is 5.96 Å². The van der Waals surface area contributed by atoms with Gasteiger partial charge in [0, 0.05) is 104 Å². The van der Waals surface area contributed by atoms with Gasteiger partial charge in [0.1, 0.15) is 17.8 Å². The highest BCUT2D eigenvalue weighted by atomic mass is 16.4. The molecule has 16 N–H and O–H groups in total. The molecule has 5 aromatic carbocycles. The molecule has 522 valence electrons. The number of nitrogens with one attached hydrogen (secondary N) is 8. The van der Waals surface area contributed by atoms with Crippen LogP contribution in [0.4, 0.5) is 10.5 Å². The Morgan fingerprint density at radius 1 is 0.485 bits per heavy atom. The van der Waals surface area contributed by atoms with Crippen molar-refractivity contribution in [2.75, 3.05) is 117 Å². The third-order valence-electron chi connectivity index (χ3n) is 16.0. The third kappa shape index (κ3) is 28.5. The van der Waals surface area contributed by atoms with Crippen LogP contribution in [0, 0.1) is 0 Å². The van der Waals surface area contributed by atoms with Gasteiger partial charge in [0.2, 0.25) is 29.5 Å². The maximum absolute atomic E-state index is 14.4. The van der Waals surface area contributed by atoms with Crippen molar-refractivity contribution in [3.05, 3.63) is 156 Å². The van der Waals surface area contributed by atoms with Crippen molar-refractivity contribution in [1.29, 1.82) is 0 Å². The molecule has 0 aromatic heterocycles. The number of carbonyl (C=O) groups is 9. The number of nitrogens with zero attached hydrogens (tertiary/aromatic N) is 5. The van der Waals surface area contributed by atoms with E-state index in [0.717, 1.165) is 27.9 Å². The van der Waals surface area contributed by atoms with Crippen LogP contribution in [0.1, 0.15) is 67.2 Å². The van der Waals surface area contributed by atoms with Crippen LogP contribution in [0.15, 0.2) is 138 Å². The molecule has 0 bridgehead atoms. The van der Waals surface area contributed by atoms with Gasteiger partial charge in [-0.15, -0.1) is 0 Å². The Labute approximate surface area is 565 Å². The first-order valence-corrected chi connectivity index (χ1v) is 32.6. The topological polar surface area (TPSA) is 408 Å². The number of urea groups is 1. The van der Waals surface area contributed by atoms with Crippen molar-refractivity contribution in [3.63, 3.8) is 0 Å². The molecule has 1 heterocycles. The fourth-order valence-corrected chi connectivity index (χ4v) is 10.8. The van der Waals surface area contributed by atoms with Crippen molar-refractivity contribution in [2.24, 2.45) is 16.5 Å². The maximum atomic E-state index is 14.4. The normalized spacial score (nSPS) is 14.9. The lowest BCUT2D eigenvalue weighted by molar-refractivity contribution is -0.140. The van der Waals surface area contributed by atoms with Gasteiger partial charge in [-0.1, -0.05) is 109 Å².